The molecule has 2 rings (SSSR count). The summed E-state index contributed by atoms with van der Waals surface area (Å²) in [7, 11) is 0. The summed E-state index contributed by atoms with van der Waals surface area (Å²) in [6.07, 6.45) is 9.01. The number of nitrogens with one attached hydrogen (secondary N) is 1. The van der Waals surface area contributed by atoms with Gasteiger partial charge in [0, 0.05) is 24.9 Å². The minimum absolute atomic E-state index is 0.293. The van der Waals surface area contributed by atoms with E-state index in [-0.39, 0.29) is 0 Å². The second-order valence-corrected chi connectivity index (χ2v) is 5.08. The summed E-state index contributed by atoms with van der Waals surface area (Å²) in [6, 6.07) is 4.51. The third-order valence-corrected chi connectivity index (χ3v) is 3.38. The first-order valence-electron chi connectivity index (χ1n) is 7.48. The Labute approximate surface area is 121 Å². The number of imidazole rings is 1. The van der Waals surface area contributed by atoms with Crippen molar-refractivity contribution in [3.05, 3.63) is 42.2 Å². The molecule has 0 saturated carbocycles. The zero-order valence-electron chi connectivity index (χ0n) is 12.6. The lowest BCUT2D eigenvalue weighted by molar-refractivity contribution is 0.558. The summed E-state index contributed by atoms with van der Waals surface area (Å²) in [5.41, 5.74) is 2.16. The van der Waals surface area contributed by atoms with Crippen molar-refractivity contribution in [2.24, 2.45) is 0 Å². The smallest absolute Gasteiger partial charge is 0.113 e. The number of aryl methyl sites for hydroxylation is 1. The highest BCUT2D eigenvalue weighted by Crippen LogP contribution is 2.14. The van der Waals surface area contributed by atoms with Gasteiger partial charge in [0.15, 0.2) is 0 Å². The van der Waals surface area contributed by atoms with E-state index in [2.05, 4.69) is 52.8 Å². The molecule has 4 nitrogen and oxygen atoms in total. The summed E-state index contributed by atoms with van der Waals surface area (Å²) in [4.78, 5) is 8.98. The monoisotopic (exact) mass is 272 g/mol. The molecule has 0 spiro atoms. The quantitative estimate of drug-likeness (QED) is 0.841. The van der Waals surface area contributed by atoms with E-state index in [1.165, 1.54) is 0 Å². The van der Waals surface area contributed by atoms with E-state index in [0.717, 1.165) is 43.0 Å². The van der Waals surface area contributed by atoms with Gasteiger partial charge in [-0.15, -0.1) is 0 Å². The van der Waals surface area contributed by atoms with Crippen LogP contribution >= 0.6 is 0 Å². The van der Waals surface area contributed by atoms with Gasteiger partial charge < -0.3 is 9.88 Å². The van der Waals surface area contributed by atoms with Gasteiger partial charge >= 0.3 is 0 Å². The Balaban J connectivity index is 2.13. The highest BCUT2D eigenvalue weighted by molar-refractivity contribution is 5.32. The zero-order chi connectivity index (χ0) is 14.4. The Hall–Kier alpha value is -1.68. The maximum atomic E-state index is 4.58. The summed E-state index contributed by atoms with van der Waals surface area (Å²) in [5, 5.41) is 3.45. The van der Waals surface area contributed by atoms with Crippen LogP contribution in [0.4, 0.5) is 0 Å². The summed E-state index contributed by atoms with van der Waals surface area (Å²) < 4.78 is 2.12. The number of hydrogen-bond donors (Lipinski definition) is 1. The average Bonchev–Trinajstić information content (AvgIpc) is 2.93. The van der Waals surface area contributed by atoms with E-state index in [0.29, 0.717) is 6.04 Å². The first-order chi connectivity index (χ1) is 9.76. The van der Waals surface area contributed by atoms with Crippen molar-refractivity contribution in [1.29, 1.82) is 0 Å². The number of pyridine rings is 1. The minimum atomic E-state index is 0.293. The fraction of sp³-hybridized carbons (Fsp3) is 0.500. The van der Waals surface area contributed by atoms with Crippen molar-refractivity contribution in [2.45, 2.75) is 46.1 Å². The first kappa shape index (κ1) is 14.7. The topological polar surface area (TPSA) is 42.7 Å². The van der Waals surface area contributed by atoms with E-state index in [1.54, 1.807) is 0 Å². The molecule has 20 heavy (non-hydrogen) atoms. The Morgan fingerprint density at radius 1 is 1.20 bits per heavy atom. The highest BCUT2D eigenvalue weighted by atomic mass is 15.1. The van der Waals surface area contributed by atoms with Crippen LogP contribution in [0.25, 0.3) is 5.69 Å². The Morgan fingerprint density at radius 3 is 2.70 bits per heavy atom. The molecule has 0 aliphatic heterocycles. The van der Waals surface area contributed by atoms with E-state index in [4.69, 9.17) is 0 Å². The van der Waals surface area contributed by atoms with Crippen molar-refractivity contribution in [1.82, 2.24) is 19.9 Å². The van der Waals surface area contributed by atoms with Crippen LogP contribution in [0.1, 0.15) is 51.2 Å². The Morgan fingerprint density at radius 2 is 2.05 bits per heavy atom. The van der Waals surface area contributed by atoms with Crippen LogP contribution in [0.2, 0.25) is 0 Å². The molecule has 0 radical (unpaired) electrons. The second-order valence-electron chi connectivity index (χ2n) is 5.08. The number of rotatable bonds is 7. The van der Waals surface area contributed by atoms with Crippen molar-refractivity contribution in [2.75, 3.05) is 6.54 Å². The molecule has 1 atom stereocenters. The van der Waals surface area contributed by atoms with Crippen LogP contribution in [0.3, 0.4) is 0 Å². The van der Waals surface area contributed by atoms with Gasteiger partial charge in [-0.1, -0.05) is 13.8 Å². The highest BCUT2D eigenvalue weighted by Gasteiger charge is 2.08. The molecule has 0 aliphatic rings. The molecule has 1 N–H and O–H groups in total. The van der Waals surface area contributed by atoms with Gasteiger partial charge in [-0.3, -0.25) is 4.98 Å². The molecule has 108 valence electrons. The van der Waals surface area contributed by atoms with Crippen LogP contribution in [-0.2, 0) is 6.42 Å². The second kappa shape index (κ2) is 7.20. The van der Waals surface area contributed by atoms with Crippen molar-refractivity contribution < 1.29 is 0 Å². The fourth-order valence-corrected chi connectivity index (χ4v) is 2.24. The molecule has 1 unspecified atom stereocenters. The molecule has 0 amide bonds. The molecule has 4 heteroatoms. The average molecular weight is 272 g/mol. The maximum absolute atomic E-state index is 4.58. The van der Waals surface area contributed by atoms with Crippen LogP contribution in [0.5, 0.6) is 0 Å². The fourth-order valence-electron chi connectivity index (χ4n) is 2.24. The summed E-state index contributed by atoms with van der Waals surface area (Å²) in [6.45, 7) is 7.51. The van der Waals surface area contributed by atoms with Gasteiger partial charge in [0.05, 0.1) is 17.6 Å². The normalized spacial score (nSPS) is 12.6. The SMILES string of the molecule is CCCNC(C)c1ccc(-n2ccnc2CCC)cn1. The van der Waals surface area contributed by atoms with E-state index in [9.17, 15) is 0 Å². The lowest BCUT2D eigenvalue weighted by atomic mass is 10.2. The molecular formula is C16H24N4. The maximum Gasteiger partial charge on any atom is 0.113 e. The Kier molecular flexibility index (Phi) is 5.30. The van der Waals surface area contributed by atoms with Crippen LogP contribution in [-0.4, -0.2) is 21.1 Å². The lowest BCUT2D eigenvalue weighted by Crippen LogP contribution is -2.20. The Bertz CT molecular complexity index is 516. The van der Waals surface area contributed by atoms with Gasteiger partial charge in [0.2, 0.25) is 0 Å². The van der Waals surface area contributed by atoms with Gasteiger partial charge in [-0.25, -0.2) is 4.98 Å². The standard InChI is InChI=1S/C16H24N4/c1-4-6-16-18-10-11-20(16)14-7-8-15(19-12-14)13(3)17-9-5-2/h7-8,10-13,17H,4-6,9H2,1-3H3. The number of aromatic nitrogens is 3. The lowest BCUT2D eigenvalue weighted by Gasteiger charge is -2.13. The molecule has 2 aromatic heterocycles. The van der Waals surface area contributed by atoms with Gasteiger partial charge in [0.1, 0.15) is 5.82 Å². The summed E-state index contributed by atoms with van der Waals surface area (Å²) >= 11 is 0. The molecule has 0 fully saturated rings. The van der Waals surface area contributed by atoms with Gasteiger partial charge in [0.25, 0.3) is 0 Å². The molecule has 0 bridgehead atoms. The van der Waals surface area contributed by atoms with E-state index >= 15 is 0 Å². The number of hydrogen-bond acceptors (Lipinski definition) is 3. The molecule has 0 aliphatic carbocycles. The van der Waals surface area contributed by atoms with Crippen molar-refractivity contribution in [3.63, 3.8) is 0 Å². The molecule has 0 aromatic carbocycles. The summed E-state index contributed by atoms with van der Waals surface area (Å²) in [5.74, 6) is 1.10. The number of nitrogens with zero attached hydrogens (tertiary/aromatic N) is 3. The zero-order valence-corrected chi connectivity index (χ0v) is 12.6. The predicted molar refractivity (Wildman–Crippen MR) is 82.1 cm³/mol. The van der Waals surface area contributed by atoms with Crippen molar-refractivity contribution >= 4 is 0 Å². The van der Waals surface area contributed by atoms with Crippen LogP contribution < -0.4 is 5.32 Å². The molecular weight excluding hydrogens is 248 g/mol. The van der Waals surface area contributed by atoms with Crippen molar-refractivity contribution in [3.8, 4) is 5.69 Å². The van der Waals surface area contributed by atoms with Crippen LogP contribution in [0.15, 0.2) is 30.7 Å². The molecule has 2 heterocycles. The van der Waals surface area contributed by atoms with E-state index in [1.807, 2.05) is 18.6 Å². The van der Waals surface area contributed by atoms with E-state index < -0.39 is 0 Å². The first-order valence-corrected chi connectivity index (χ1v) is 7.48. The predicted octanol–water partition coefficient (Wildman–Crippen LogP) is 3.28. The molecule has 2 aromatic rings. The van der Waals surface area contributed by atoms with Crippen LogP contribution in [0, 0.1) is 0 Å². The van der Waals surface area contributed by atoms with Gasteiger partial charge in [-0.2, -0.15) is 0 Å². The third-order valence-electron chi connectivity index (χ3n) is 3.38. The third kappa shape index (κ3) is 3.45. The largest absolute Gasteiger partial charge is 0.309 e. The van der Waals surface area contributed by atoms with Gasteiger partial charge in [-0.05, 0) is 38.4 Å². The molecule has 0 saturated heterocycles. The minimum Gasteiger partial charge on any atom is -0.309 e.